The molecule has 1 aromatic carbocycles. The molecule has 0 amide bonds. The second-order valence-corrected chi connectivity index (χ2v) is 4.80. The summed E-state index contributed by atoms with van der Waals surface area (Å²) in [6, 6.07) is 5.72. The average Bonchev–Trinajstić information content (AvgIpc) is 2.71. The molecule has 18 heavy (non-hydrogen) atoms. The molecule has 0 spiro atoms. The average molecular weight is 400 g/mol. The van der Waals surface area contributed by atoms with Crippen LogP contribution in [0.25, 0.3) is 0 Å². The van der Waals surface area contributed by atoms with E-state index in [9.17, 15) is 0 Å². The molecule has 0 bridgehead atoms. The normalized spacial score (nSPS) is 14.2. The number of rotatable bonds is 3. The van der Waals surface area contributed by atoms with E-state index in [1.165, 1.54) is 0 Å². The Morgan fingerprint density at radius 3 is 2.83 bits per heavy atom. The maximum absolute atomic E-state index is 6.12. The first-order chi connectivity index (χ1) is 8.18. The third kappa shape index (κ3) is 3.90. The lowest BCUT2D eigenvalue weighted by Gasteiger charge is -2.15. The van der Waals surface area contributed by atoms with Crippen molar-refractivity contribution in [1.29, 1.82) is 0 Å². The Labute approximate surface area is 135 Å². The molecule has 0 fully saturated rings. The van der Waals surface area contributed by atoms with Crippen LogP contribution in [0.15, 0.2) is 23.2 Å². The first kappa shape index (κ1) is 15.9. The van der Waals surface area contributed by atoms with Gasteiger partial charge >= 0.3 is 0 Å². The van der Waals surface area contributed by atoms with Gasteiger partial charge in [0.1, 0.15) is 0 Å². The fourth-order valence-electron chi connectivity index (χ4n) is 1.77. The van der Waals surface area contributed by atoms with Crippen LogP contribution in [0.1, 0.15) is 5.56 Å². The maximum atomic E-state index is 6.12. The number of aliphatic imine (C=N–C) groups is 1. The summed E-state index contributed by atoms with van der Waals surface area (Å²) in [5, 5.41) is 4.56. The van der Waals surface area contributed by atoms with Gasteiger partial charge in [0.05, 0.1) is 16.6 Å². The van der Waals surface area contributed by atoms with Crippen molar-refractivity contribution in [2.24, 2.45) is 4.99 Å². The highest BCUT2D eigenvalue weighted by atomic mass is 127. The number of nitrogens with zero attached hydrogens (tertiary/aromatic N) is 2. The maximum Gasteiger partial charge on any atom is 0.193 e. The van der Waals surface area contributed by atoms with E-state index in [0.717, 1.165) is 37.6 Å². The van der Waals surface area contributed by atoms with Crippen molar-refractivity contribution in [2.75, 3.05) is 26.7 Å². The van der Waals surface area contributed by atoms with Crippen LogP contribution in [0.4, 0.5) is 0 Å². The predicted octanol–water partition coefficient (Wildman–Crippen LogP) is 3.04. The molecule has 0 aromatic heterocycles. The highest BCUT2D eigenvalue weighted by Crippen LogP contribution is 2.25. The van der Waals surface area contributed by atoms with Gasteiger partial charge in [0.2, 0.25) is 0 Å². The molecule has 0 saturated carbocycles. The van der Waals surface area contributed by atoms with E-state index in [4.69, 9.17) is 23.2 Å². The summed E-state index contributed by atoms with van der Waals surface area (Å²) in [5.74, 6) is 0.961. The van der Waals surface area contributed by atoms with Crippen molar-refractivity contribution in [3.8, 4) is 0 Å². The van der Waals surface area contributed by atoms with Crippen LogP contribution in [-0.2, 0) is 6.42 Å². The van der Waals surface area contributed by atoms with Crippen molar-refractivity contribution in [2.45, 2.75) is 6.42 Å². The molecule has 0 atom stereocenters. The SMILES string of the molecule is CN1CCN=C1NCCc1cccc(Cl)c1Cl.I. The van der Waals surface area contributed by atoms with Crippen molar-refractivity contribution >= 4 is 53.1 Å². The standard InChI is InChI=1S/C12H15Cl2N3.HI/c1-17-8-7-16-12(17)15-6-5-9-3-2-4-10(13)11(9)14;/h2-4H,5-8H2,1H3,(H,15,16);1H. The van der Waals surface area contributed by atoms with Crippen molar-refractivity contribution in [3.63, 3.8) is 0 Å². The summed E-state index contributed by atoms with van der Waals surface area (Å²) in [6.07, 6.45) is 0.840. The van der Waals surface area contributed by atoms with Crippen molar-refractivity contribution in [1.82, 2.24) is 10.2 Å². The zero-order valence-electron chi connectivity index (χ0n) is 10.1. The highest BCUT2D eigenvalue weighted by molar-refractivity contribution is 14.0. The molecule has 0 aliphatic carbocycles. The minimum absolute atomic E-state index is 0. The lowest BCUT2D eigenvalue weighted by molar-refractivity contribution is 0.534. The van der Waals surface area contributed by atoms with E-state index in [0.29, 0.717) is 10.0 Å². The van der Waals surface area contributed by atoms with E-state index >= 15 is 0 Å². The number of nitrogens with one attached hydrogen (secondary N) is 1. The summed E-state index contributed by atoms with van der Waals surface area (Å²) in [7, 11) is 2.03. The molecule has 1 aliphatic rings. The fraction of sp³-hybridized carbons (Fsp3) is 0.417. The zero-order chi connectivity index (χ0) is 12.3. The third-order valence-electron chi connectivity index (χ3n) is 2.77. The molecule has 0 unspecified atom stereocenters. The Bertz CT molecular complexity index is 437. The number of hydrogen-bond donors (Lipinski definition) is 1. The van der Waals surface area contributed by atoms with E-state index in [2.05, 4.69) is 15.2 Å². The van der Waals surface area contributed by atoms with Crippen LogP contribution in [0, 0.1) is 0 Å². The van der Waals surface area contributed by atoms with Gasteiger partial charge < -0.3 is 10.2 Å². The van der Waals surface area contributed by atoms with Gasteiger partial charge in [-0.05, 0) is 18.1 Å². The first-order valence-electron chi connectivity index (χ1n) is 5.61. The number of halogens is 3. The summed E-state index contributed by atoms with van der Waals surface area (Å²) < 4.78 is 0. The largest absolute Gasteiger partial charge is 0.356 e. The Morgan fingerprint density at radius 1 is 1.39 bits per heavy atom. The Balaban J connectivity index is 0.00000162. The fourth-order valence-corrected chi connectivity index (χ4v) is 2.19. The van der Waals surface area contributed by atoms with Crippen LogP contribution in [-0.4, -0.2) is 37.5 Å². The van der Waals surface area contributed by atoms with E-state index in [1.54, 1.807) is 6.07 Å². The van der Waals surface area contributed by atoms with E-state index in [1.807, 2.05) is 19.2 Å². The molecule has 1 aromatic rings. The smallest absolute Gasteiger partial charge is 0.193 e. The molecule has 6 heteroatoms. The lowest BCUT2D eigenvalue weighted by atomic mass is 10.1. The molecule has 100 valence electrons. The number of guanidine groups is 1. The molecule has 0 radical (unpaired) electrons. The molecular formula is C12H16Cl2IN3. The van der Waals surface area contributed by atoms with E-state index in [-0.39, 0.29) is 24.0 Å². The Hall–Kier alpha value is -0.200. The summed E-state index contributed by atoms with van der Waals surface area (Å²) in [4.78, 5) is 6.47. The summed E-state index contributed by atoms with van der Waals surface area (Å²) in [5.41, 5.74) is 1.06. The van der Waals surface area contributed by atoms with Gasteiger partial charge in [-0.25, -0.2) is 0 Å². The van der Waals surface area contributed by atoms with Gasteiger partial charge in [0.25, 0.3) is 0 Å². The minimum Gasteiger partial charge on any atom is -0.356 e. The van der Waals surface area contributed by atoms with Crippen LogP contribution in [0.5, 0.6) is 0 Å². The Kier molecular flexibility index (Phi) is 6.52. The number of hydrogen-bond acceptors (Lipinski definition) is 3. The van der Waals surface area contributed by atoms with Crippen LogP contribution in [0.2, 0.25) is 10.0 Å². The molecule has 3 nitrogen and oxygen atoms in total. The molecule has 2 rings (SSSR count). The monoisotopic (exact) mass is 399 g/mol. The quantitative estimate of drug-likeness (QED) is 0.791. The van der Waals surface area contributed by atoms with Gasteiger partial charge in [-0.15, -0.1) is 24.0 Å². The minimum atomic E-state index is 0. The molecule has 1 aliphatic heterocycles. The van der Waals surface area contributed by atoms with Gasteiger partial charge in [-0.1, -0.05) is 35.3 Å². The third-order valence-corrected chi connectivity index (χ3v) is 3.63. The molecule has 0 saturated heterocycles. The van der Waals surface area contributed by atoms with Gasteiger partial charge in [-0.2, -0.15) is 0 Å². The second kappa shape index (κ2) is 7.40. The molecular weight excluding hydrogens is 384 g/mol. The summed E-state index contributed by atoms with van der Waals surface area (Å²) >= 11 is 12.1. The molecule has 1 N–H and O–H groups in total. The van der Waals surface area contributed by atoms with Crippen LogP contribution >= 0.6 is 47.2 Å². The van der Waals surface area contributed by atoms with Gasteiger partial charge in [-0.3, -0.25) is 4.99 Å². The topological polar surface area (TPSA) is 27.6 Å². The highest BCUT2D eigenvalue weighted by Gasteiger charge is 2.11. The zero-order valence-corrected chi connectivity index (χ0v) is 14.0. The van der Waals surface area contributed by atoms with Gasteiger partial charge in [0, 0.05) is 20.1 Å². The Morgan fingerprint density at radius 2 is 2.17 bits per heavy atom. The van der Waals surface area contributed by atoms with Crippen LogP contribution in [0.3, 0.4) is 0 Å². The number of likely N-dealkylation sites (N-methyl/N-ethyl adjacent to an activating group) is 1. The second-order valence-electron chi connectivity index (χ2n) is 4.02. The predicted molar refractivity (Wildman–Crippen MR) is 88.5 cm³/mol. The lowest BCUT2D eigenvalue weighted by Crippen LogP contribution is -2.36. The van der Waals surface area contributed by atoms with Crippen LogP contribution < -0.4 is 5.32 Å². The molecule has 1 heterocycles. The first-order valence-corrected chi connectivity index (χ1v) is 6.36. The van der Waals surface area contributed by atoms with Gasteiger partial charge in [0.15, 0.2) is 5.96 Å². The summed E-state index contributed by atoms with van der Waals surface area (Å²) in [6.45, 7) is 2.67. The van der Waals surface area contributed by atoms with Crippen molar-refractivity contribution in [3.05, 3.63) is 33.8 Å². The number of benzene rings is 1. The van der Waals surface area contributed by atoms with E-state index < -0.39 is 0 Å². The van der Waals surface area contributed by atoms with Crippen molar-refractivity contribution < 1.29 is 0 Å².